The molecule has 0 spiro atoms. The Labute approximate surface area is 121 Å². The maximum atomic E-state index is 11.4. The van der Waals surface area contributed by atoms with E-state index in [4.69, 9.17) is 10.5 Å². The van der Waals surface area contributed by atoms with Crippen molar-refractivity contribution in [1.29, 1.82) is 0 Å². The van der Waals surface area contributed by atoms with Gasteiger partial charge >= 0.3 is 0 Å². The quantitative estimate of drug-likeness (QED) is 0.804. The number of carbonyl (C=O) groups is 1. The third kappa shape index (κ3) is 4.85. The highest BCUT2D eigenvalue weighted by Crippen LogP contribution is 2.23. The Morgan fingerprint density at radius 2 is 1.95 bits per heavy atom. The van der Waals surface area contributed by atoms with Crippen molar-refractivity contribution in [2.45, 2.75) is 53.1 Å². The number of rotatable bonds is 7. The van der Waals surface area contributed by atoms with Crippen LogP contribution in [0, 0.1) is 20.8 Å². The van der Waals surface area contributed by atoms with E-state index >= 15 is 0 Å². The SMILES string of the molecule is Cc1cc(C)c(C)c(OCCC(NC(C)C)C(N)=O)c1. The van der Waals surface area contributed by atoms with Crippen LogP contribution in [0.2, 0.25) is 0 Å². The van der Waals surface area contributed by atoms with E-state index in [1.807, 2.05) is 33.8 Å². The van der Waals surface area contributed by atoms with Crippen LogP contribution in [0.1, 0.15) is 37.0 Å². The fraction of sp³-hybridized carbons (Fsp3) is 0.562. The molecule has 3 N–H and O–H groups in total. The van der Waals surface area contributed by atoms with Crippen molar-refractivity contribution in [2.75, 3.05) is 6.61 Å². The minimum Gasteiger partial charge on any atom is -0.493 e. The lowest BCUT2D eigenvalue weighted by molar-refractivity contribution is -0.120. The smallest absolute Gasteiger partial charge is 0.234 e. The molecule has 0 aromatic heterocycles. The molecule has 1 aromatic carbocycles. The number of primary amides is 1. The molecule has 20 heavy (non-hydrogen) atoms. The van der Waals surface area contributed by atoms with Crippen molar-refractivity contribution in [3.63, 3.8) is 0 Å². The Balaban J connectivity index is 2.61. The normalized spacial score (nSPS) is 12.5. The Hall–Kier alpha value is -1.55. The summed E-state index contributed by atoms with van der Waals surface area (Å²) in [5.41, 5.74) is 8.92. The van der Waals surface area contributed by atoms with E-state index in [1.165, 1.54) is 11.1 Å². The number of carbonyl (C=O) groups excluding carboxylic acids is 1. The summed E-state index contributed by atoms with van der Waals surface area (Å²) in [6, 6.07) is 4.03. The molecule has 4 nitrogen and oxygen atoms in total. The number of hydrogen-bond acceptors (Lipinski definition) is 3. The number of nitrogens with two attached hydrogens (primary N) is 1. The van der Waals surface area contributed by atoms with Crippen molar-refractivity contribution < 1.29 is 9.53 Å². The maximum Gasteiger partial charge on any atom is 0.234 e. The van der Waals surface area contributed by atoms with Crippen LogP contribution in [-0.4, -0.2) is 24.6 Å². The third-order valence-corrected chi connectivity index (χ3v) is 3.31. The van der Waals surface area contributed by atoms with Gasteiger partial charge in [0.2, 0.25) is 5.91 Å². The molecule has 0 aliphatic rings. The molecule has 0 heterocycles. The first-order valence-electron chi connectivity index (χ1n) is 7.07. The molecule has 0 fully saturated rings. The highest BCUT2D eigenvalue weighted by atomic mass is 16.5. The minimum atomic E-state index is -0.346. The van der Waals surface area contributed by atoms with Gasteiger partial charge in [-0.05, 0) is 43.5 Å². The van der Waals surface area contributed by atoms with Gasteiger partial charge in [0.25, 0.3) is 0 Å². The first-order chi connectivity index (χ1) is 9.31. The van der Waals surface area contributed by atoms with Crippen LogP contribution in [0.25, 0.3) is 0 Å². The van der Waals surface area contributed by atoms with Gasteiger partial charge in [-0.2, -0.15) is 0 Å². The van der Waals surface area contributed by atoms with E-state index < -0.39 is 0 Å². The summed E-state index contributed by atoms with van der Waals surface area (Å²) in [5, 5.41) is 3.15. The van der Waals surface area contributed by atoms with E-state index in [1.54, 1.807) is 0 Å². The molecular formula is C16H26N2O2. The van der Waals surface area contributed by atoms with Gasteiger partial charge in [0.15, 0.2) is 0 Å². The topological polar surface area (TPSA) is 64.3 Å². The van der Waals surface area contributed by atoms with E-state index in [0.717, 1.165) is 11.3 Å². The van der Waals surface area contributed by atoms with Crippen molar-refractivity contribution >= 4 is 5.91 Å². The molecular weight excluding hydrogens is 252 g/mol. The van der Waals surface area contributed by atoms with E-state index in [-0.39, 0.29) is 18.0 Å². The number of hydrogen-bond donors (Lipinski definition) is 2. The molecule has 0 aliphatic heterocycles. The zero-order valence-corrected chi connectivity index (χ0v) is 13.1. The predicted octanol–water partition coefficient (Wildman–Crippen LogP) is 2.23. The van der Waals surface area contributed by atoms with Gasteiger partial charge in [-0.15, -0.1) is 0 Å². The first-order valence-corrected chi connectivity index (χ1v) is 7.07. The molecule has 1 atom stereocenters. The van der Waals surface area contributed by atoms with Crippen molar-refractivity contribution in [3.05, 3.63) is 28.8 Å². The molecule has 0 saturated heterocycles. The van der Waals surface area contributed by atoms with E-state index in [9.17, 15) is 4.79 Å². The summed E-state index contributed by atoms with van der Waals surface area (Å²) in [7, 11) is 0. The molecule has 1 amide bonds. The fourth-order valence-electron chi connectivity index (χ4n) is 2.15. The molecule has 0 saturated carbocycles. The number of amides is 1. The predicted molar refractivity (Wildman–Crippen MR) is 82.0 cm³/mol. The standard InChI is InChI=1S/C16H26N2O2/c1-10(2)18-14(16(17)19)6-7-20-15-9-11(3)8-12(4)13(15)5/h8-10,14,18H,6-7H2,1-5H3,(H2,17,19). The third-order valence-electron chi connectivity index (χ3n) is 3.31. The zero-order chi connectivity index (χ0) is 15.3. The van der Waals surface area contributed by atoms with Gasteiger partial charge in [-0.1, -0.05) is 19.9 Å². The summed E-state index contributed by atoms with van der Waals surface area (Å²) >= 11 is 0. The molecule has 1 unspecified atom stereocenters. The average molecular weight is 278 g/mol. The Kier molecular flexibility index (Phi) is 6.02. The molecule has 112 valence electrons. The molecule has 0 aliphatic carbocycles. The number of aryl methyl sites for hydroxylation is 2. The fourth-order valence-corrected chi connectivity index (χ4v) is 2.15. The summed E-state index contributed by atoms with van der Waals surface area (Å²) < 4.78 is 5.81. The van der Waals surface area contributed by atoms with Crippen LogP contribution < -0.4 is 15.8 Å². The summed E-state index contributed by atoms with van der Waals surface area (Å²) in [4.78, 5) is 11.4. The average Bonchev–Trinajstić information content (AvgIpc) is 2.33. The van der Waals surface area contributed by atoms with Gasteiger partial charge in [-0.3, -0.25) is 4.79 Å². The van der Waals surface area contributed by atoms with E-state index in [2.05, 4.69) is 18.3 Å². The second-order valence-electron chi connectivity index (χ2n) is 5.62. The van der Waals surface area contributed by atoms with Crippen LogP contribution in [0.5, 0.6) is 5.75 Å². The monoisotopic (exact) mass is 278 g/mol. The second kappa shape index (κ2) is 7.29. The molecule has 1 rings (SSSR count). The lowest BCUT2D eigenvalue weighted by Crippen LogP contribution is -2.45. The molecule has 1 aromatic rings. The van der Waals surface area contributed by atoms with Gasteiger partial charge in [0.05, 0.1) is 12.6 Å². The number of nitrogens with one attached hydrogen (secondary N) is 1. The second-order valence-corrected chi connectivity index (χ2v) is 5.62. The Bertz CT molecular complexity index is 470. The van der Waals surface area contributed by atoms with Crippen molar-refractivity contribution in [2.24, 2.45) is 5.73 Å². The van der Waals surface area contributed by atoms with Gasteiger partial charge in [-0.25, -0.2) is 0 Å². The minimum absolute atomic E-state index is 0.218. The summed E-state index contributed by atoms with van der Waals surface area (Å²) in [6.45, 7) is 10.6. The van der Waals surface area contributed by atoms with Crippen LogP contribution in [0.15, 0.2) is 12.1 Å². The highest BCUT2D eigenvalue weighted by molar-refractivity contribution is 5.79. The van der Waals surface area contributed by atoms with Crippen LogP contribution in [-0.2, 0) is 4.79 Å². The molecule has 4 heteroatoms. The molecule has 0 bridgehead atoms. The van der Waals surface area contributed by atoms with E-state index in [0.29, 0.717) is 13.0 Å². The van der Waals surface area contributed by atoms with Crippen LogP contribution >= 0.6 is 0 Å². The zero-order valence-electron chi connectivity index (χ0n) is 13.1. The van der Waals surface area contributed by atoms with Crippen LogP contribution in [0.4, 0.5) is 0 Å². The largest absolute Gasteiger partial charge is 0.493 e. The first kappa shape index (κ1) is 16.5. The maximum absolute atomic E-state index is 11.4. The molecule has 0 radical (unpaired) electrons. The summed E-state index contributed by atoms with van der Waals surface area (Å²) in [5.74, 6) is 0.551. The lowest BCUT2D eigenvalue weighted by atomic mass is 10.1. The van der Waals surface area contributed by atoms with Gasteiger partial charge in [0.1, 0.15) is 5.75 Å². The summed E-state index contributed by atoms with van der Waals surface area (Å²) in [6.07, 6.45) is 0.569. The lowest BCUT2D eigenvalue weighted by Gasteiger charge is -2.19. The number of ether oxygens (including phenoxy) is 1. The van der Waals surface area contributed by atoms with Gasteiger partial charge < -0.3 is 15.8 Å². The van der Waals surface area contributed by atoms with Crippen LogP contribution in [0.3, 0.4) is 0 Å². The van der Waals surface area contributed by atoms with Crippen molar-refractivity contribution in [1.82, 2.24) is 5.32 Å². The van der Waals surface area contributed by atoms with Crippen molar-refractivity contribution in [3.8, 4) is 5.75 Å². The Morgan fingerprint density at radius 3 is 2.50 bits per heavy atom. The van der Waals surface area contributed by atoms with Gasteiger partial charge in [0, 0.05) is 12.5 Å². The number of benzene rings is 1. The Morgan fingerprint density at radius 1 is 1.30 bits per heavy atom. The highest BCUT2D eigenvalue weighted by Gasteiger charge is 2.16.